The summed E-state index contributed by atoms with van der Waals surface area (Å²) in [5.41, 5.74) is 3.76. The van der Waals surface area contributed by atoms with E-state index in [0.29, 0.717) is 19.4 Å². The number of hydrogen-bond acceptors (Lipinski definition) is 3. The van der Waals surface area contributed by atoms with Gasteiger partial charge in [0.2, 0.25) is 11.8 Å². The van der Waals surface area contributed by atoms with Gasteiger partial charge in [-0.2, -0.15) is 0 Å². The zero-order valence-electron chi connectivity index (χ0n) is 14.0. The zero-order chi connectivity index (χ0) is 17.9. The van der Waals surface area contributed by atoms with Crippen LogP contribution >= 0.6 is 0 Å². The molecule has 0 aliphatic carbocycles. The van der Waals surface area contributed by atoms with Crippen LogP contribution < -0.4 is 10.8 Å². The van der Waals surface area contributed by atoms with Crippen molar-refractivity contribution in [3.8, 4) is 0 Å². The molecule has 4 N–H and O–H groups in total. The summed E-state index contributed by atoms with van der Waals surface area (Å²) < 4.78 is 0. The van der Waals surface area contributed by atoms with Gasteiger partial charge in [-0.1, -0.05) is 42.8 Å². The smallest absolute Gasteiger partial charge is 0.243 e. The lowest BCUT2D eigenvalue weighted by atomic mass is 10.1. The summed E-state index contributed by atoms with van der Waals surface area (Å²) >= 11 is 0. The van der Waals surface area contributed by atoms with E-state index in [9.17, 15) is 9.59 Å². The van der Waals surface area contributed by atoms with Crippen LogP contribution in [0.5, 0.6) is 0 Å². The van der Waals surface area contributed by atoms with Crippen LogP contribution in [0.25, 0.3) is 17.0 Å². The largest absolute Gasteiger partial charge is 0.361 e. The Morgan fingerprint density at radius 3 is 2.80 bits per heavy atom. The van der Waals surface area contributed by atoms with Crippen molar-refractivity contribution in [2.45, 2.75) is 25.7 Å². The second-order valence-corrected chi connectivity index (χ2v) is 5.64. The van der Waals surface area contributed by atoms with E-state index in [1.807, 2.05) is 42.6 Å². The average Bonchev–Trinajstić information content (AvgIpc) is 3.04. The van der Waals surface area contributed by atoms with E-state index in [2.05, 4.69) is 10.3 Å². The first-order valence-corrected chi connectivity index (χ1v) is 8.32. The standard InChI is InChI=1S/C19H23N3O3/c23-18(20-13-7-1-2-12-19(24)22-25)11-6-3-8-15-14-21-17-10-5-4-9-16(15)17/h3-6,8-11,14,21,25H,1-2,7,12-13H2,(H,20,23)(H,22,24). The molecule has 0 saturated carbocycles. The minimum Gasteiger partial charge on any atom is -0.361 e. The highest BCUT2D eigenvalue weighted by Crippen LogP contribution is 2.18. The zero-order valence-corrected chi connectivity index (χ0v) is 14.0. The summed E-state index contributed by atoms with van der Waals surface area (Å²) in [6.45, 7) is 0.566. The van der Waals surface area contributed by atoms with Crippen LogP contribution in [0.4, 0.5) is 0 Å². The number of nitrogens with one attached hydrogen (secondary N) is 3. The third kappa shape index (κ3) is 6.27. The highest BCUT2D eigenvalue weighted by molar-refractivity contribution is 5.90. The molecule has 2 amide bonds. The van der Waals surface area contributed by atoms with Gasteiger partial charge in [0.05, 0.1) is 0 Å². The fourth-order valence-electron chi connectivity index (χ4n) is 2.45. The molecule has 132 valence electrons. The molecular weight excluding hydrogens is 318 g/mol. The first kappa shape index (κ1) is 18.5. The number of H-pyrrole nitrogens is 1. The lowest BCUT2D eigenvalue weighted by Gasteiger charge is -2.02. The van der Waals surface area contributed by atoms with Crippen LogP contribution in [0, 0.1) is 0 Å². The fourth-order valence-corrected chi connectivity index (χ4v) is 2.45. The van der Waals surface area contributed by atoms with Crippen molar-refractivity contribution in [1.82, 2.24) is 15.8 Å². The number of carbonyl (C=O) groups is 2. The summed E-state index contributed by atoms with van der Waals surface area (Å²) in [5, 5.41) is 12.3. The van der Waals surface area contributed by atoms with E-state index < -0.39 is 0 Å². The number of fused-ring (bicyclic) bond motifs is 1. The van der Waals surface area contributed by atoms with Gasteiger partial charge in [0.25, 0.3) is 0 Å². The summed E-state index contributed by atoms with van der Waals surface area (Å²) in [7, 11) is 0. The van der Waals surface area contributed by atoms with Gasteiger partial charge in [0, 0.05) is 36.1 Å². The number of rotatable bonds is 9. The Kier molecular flexibility index (Phi) is 7.46. The maximum Gasteiger partial charge on any atom is 0.243 e. The minimum absolute atomic E-state index is 0.142. The molecular formula is C19H23N3O3. The number of aromatic amines is 1. The normalized spacial score (nSPS) is 11.4. The number of allylic oxidation sites excluding steroid dienone is 2. The van der Waals surface area contributed by atoms with Crippen molar-refractivity contribution in [3.05, 3.63) is 54.3 Å². The predicted octanol–water partition coefficient (Wildman–Crippen LogP) is 2.92. The van der Waals surface area contributed by atoms with Crippen LogP contribution in [0.15, 0.2) is 48.7 Å². The molecule has 1 heterocycles. The molecule has 0 radical (unpaired) electrons. The molecule has 0 aliphatic rings. The molecule has 25 heavy (non-hydrogen) atoms. The molecule has 1 aromatic carbocycles. The van der Waals surface area contributed by atoms with Crippen molar-refractivity contribution in [3.63, 3.8) is 0 Å². The Balaban J connectivity index is 1.66. The SMILES string of the molecule is O=C(C=CC=Cc1c[nH]c2ccccc12)NCCCCCC(=O)NO. The van der Waals surface area contributed by atoms with E-state index in [4.69, 9.17) is 5.21 Å². The Bertz CT molecular complexity index is 762. The molecule has 1 aromatic heterocycles. The van der Waals surface area contributed by atoms with Gasteiger partial charge in [-0.15, -0.1) is 0 Å². The number of unbranched alkanes of at least 4 members (excludes halogenated alkanes) is 2. The average molecular weight is 341 g/mol. The summed E-state index contributed by atoms with van der Waals surface area (Å²) in [4.78, 5) is 25.7. The Morgan fingerprint density at radius 2 is 1.96 bits per heavy atom. The molecule has 2 aromatic rings. The van der Waals surface area contributed by atoms with Crippen molar-refractivity contribution in [2.75, 3.05) is 6.54 Å². The number of carbonyl (C=O) groups excluding carboxylic acids is 2. The first-order chi connectivity index (χ1) is 12.2. The van der Waals surface area contributed by atoms with Gasteiger partial charge in [-0.3, -0.25) is 14.8 Å². The monoisotopic (exact) mass is 341 g/mol. The second-order valence-electron chi connectivity index (χ2n) is 5.64. The molecule has 0 bridgehead atoms. The molecule has 6 heteroatoms. The lowest BCUT2D eigenvalue weighted by molar-refractivity contribution is -0.129. The van der Waals surface area contributed by atoms with Crippen LogP contribution in [0.1, 0.15) is 31.2 Å². The van der Waals surface area contributed by atoms with Crippen molar-refractivity contribution < 1.29 is 14.8 Å². The van der Waals surface area contributed by atoms with Crippen LogP contribution in [0.3, 0.4) is 0 Å². The molecule has 0 fully saturated rings. The minimum atomic E-state index is -0.381. The van der Waals surface area contributed by atoms with Crippen molar-refractivity contribution in [1.29, 1.82) is 0 Å². The van der Waals surface area contributed by atoms with Gasteiger partial charge in [0.1, 0.15) is 0 Å². The molecule has 0 aliphatic heterocycles. The van der Waals surface area contributed by atoms with E-state index in [1.54, 1.807) is 11.6 Å². The molecule has 0 atom stereocenters. The van der Waals surface area contributed by atoms with Crippen LogP contribution in [-0.4, -0.2) is 28.6 Å². The topological polar surface area (TPSA) is 94.2 Å². The maximum atomic E-state index is 11.7. The lowest BCUT2D eigenvalue weighted by Crippen LogP contribution is -2.22. The van der Waals surface area contributed by atoms with Gasteiger partial charge in [-0.25, -0.2) is 5.48 Å². The molecule has 0 unspecified atom stereocenters. The van der Waals surface area contributed by atoms with Gasteiger partial charge in [-0.05, 0) is 24.5 Å². The Labute approximate surface area is 146 Å². The molecule has 6 nitrogen and oxygen atoms in total. The molecule has 0 spiro atoms. The van der Waals surface area contributed by atoms with E-state index in [1.165, 1.54) is 6.08 Å². The third-order valence-electron chi connectivity index (χ3n) is 3.76. The van der Waals surface area contributed by atoms with Gasteiger partial charge >= 0.3 is 0 Å². The highest BCUT2D eigenvalue weighted by Gasteiger charge is 1.99. The fraction of sp³-hybridized carbons (Fsp3) is 0.263. The Morgan fingerprint density at radius 1 is 1.12 bits per heavy atom. The first-order valence-electron chi connectivity index (χ1n) is 8.32. The van der Waals surface area contributed by atoms with Crippen LogP contribution in [0.2, 0.25) is 0 Å². The summed E-state index contributed by atoms with van der Waals surface area (Å²) in [5.74, 6) is -0.523. The van der Waals surface area contributed by atoms with Crippen LogP contribution in [-0.2, 0) is 9.59 Å². The van der Waals surface area contributed by atoms with Gasteiger partial charge < -0.3 is 10.3 Å². The quantitative estimate of drug-likeness (QED) is 0.186. The third-order valence-corrected chi connectivity index (χ3v) is 3.76. The molecule has 2 rings (SSSR count). The number of para-hydroxylation sites is 1. The Hall–Kier alpha value is -2.86. The van der Waals surface area contributed by atoms with E-state index in [0.717, 1.165) is 29.3 Å². The van der Waals surface area contributed by atoms with Crippen molar-refractivity contribution in [2.24, 2.45) is 0 Å². The number of benzene rings is 1. The van der Waals surface area contributed by atoms with E-state index >= 15 is 0 Å². The highest BCUT2D eigenvalue weighted by atomic mass is 16.5. The van der Waals surface area contributed by atoms with E-state index in [-0.39, 0.29) is 11.8 Å². The number of hydroxylamine groups is 1. The number of amides is 2. The number of hydrogen-bond donors (Lipinski definition) is 4. The molecule has 0 saturated heterocycles. The second kappa shape index (κ2) is 10.1. The maximum absolute atomic E-state index is 11.7. The number of aromatic nitrogens is 1. The summed E-state index contributed by atoms with van der Waals surface area (Å²) in [6.07, 6.45) is 11.5. The predicted molar refractivity (Wildman–Crippen MR) is 97.9 cm³/mol. The van der Waals surface area contributed by atoms with Crippen molar-refractivity contribution >= 4 is 28.8 Å². The summed E-state index contributed by atoms with van der Waals surface area (Å²) in [6, 6.07) is 8.04. The van der Waals surface area contributed by atoms with Gasteiger partial charge in [0.15, 0.2) is 0 Å².